The lowest BCUT2D eigenvalue weighted by Crippen LogP contribution is -2.58. The second kappa shape index (κ2) is 10.9. The Hall–Kier alpha value is -3.72. The van der Waals surface area contributed by atoms with Gasteiger partial charge >= 0.3 is 0 Å². The first-order valence-corrected chi connectivity index (χ1v) is 11.8. The molecular formula is C27H31FN4O4. The number of benzene rings is 2. The van der Waals surface area contributed by atoms with E-state index in [0.717, 1.165) is 5.56 Å². The first-order chi connectivity index (χ1) is 17.2. The van der Waals surface area contributed by atoms with Crippen molar-refractivity contribution in [1.82, 2.24) is 19.6 Å². The summed E-state index contributed by atoms with van der Waals surface area (Å²) in [6, 6.07) is 15.4. The zero-order chi connectivity index (χ0) is 25.7. The Bertz CT molecular complexity index is 1200. The molecule has 1 saturated heterocycles. The third-order valence-electron chi connectivity index (χ3n) is 6.26. The third kappa shape index (κ3) is 6.09. The van der Waals surface area contributed by atoms with Gasteiger partial charge in [0.2, 0.25) is 5.91 Å². The van der Waals surface area contributed by atoms with Crippen LogP contribution in [0.2, 0.25) is 0 Å². The Morgan fingerprint density at radius 2 is 1.89 bits per heavy atom. The average Bonchev–Trinajstić information content (AvgIpc) is 3.21. The number of aromatic nitrogens is 2. The number of halogens is 1. The second-order valence-electron chi connectivity index (χ2n) is 9.21. The molecule has 0 aliphatic carbocycles. The van der Waals surface area contributed by atoms with Gasteiger partial charge in [0.15, 0.2) is 0 Å². The van der Waals surface area contributed by atoms with E-state index >= 15 is 0 Å². The Labute approximate surface area is 210 Å². The van der Waals surface area contributed by atoms with Gasteiger partial charge in [0.1, 0.15) is 23.8 Å². The van der Waals surface area contributed by atoms with E-state index in [0.29, 0.717) is 30.1 Å². The van der Waals surface area contributed by atoms with Crippen LogP contribution in [0.25, 0.3) is 0 Å². The molecule has 0 radical (unpaired) electrons. The molecule has 2 aromatic carbocycles. The molecule has 0 saturated carbocycles. The Kier molecular flexibility index (Phi) is 7.69. The molecule has 2 heterocycles. The van der Waals surface area contributed by atoms with Crippen molar-refractivity contribution in [3.05, 3.63) is 83.4 Å². The van der Waals surface area contributed by atoms with Crippen LogP contribution in [0.15, 0.2) is 60.8 Å². The SMILES string of the molecule is Cc1nn(C)cc1C(=O)N1CCO[C@](COc2ccc(F)cc2)(CC(=O)N(C)Cc2ccccc2)C1. The van der Waals surface area contributed by atoms with Crippen LogP contribution in [0, 0.1) is 12.7 Å². The lowest BCUT2D eigenvalue weighted by molar-refractivity contribution is -0.152. The Balaban J connectivity index is 1.53. The standard InChI is InChI=1S/C27H31FN4O4/c1-20-24(17-31(3)29-20)26(34)32-13-14-36-27(18-32,19-35-23-11-9-22(28)10-12-23)15-25(33)30(2)16-21-7-5-4-6-8-21/h4-12,17H,13-16,18-19H2,1-3H3/t27-/m1/s1. The molecule has 36 heavy (non-hydrogen) atoms. The fourth-order valence-corrected chi connectivity index (χ4v) is 4.35. The maximum atomic E-state index is 13.4. The second-order valence-corrected chi connectivity index (χ2v) is 9.21. The summed E-state index contributed by atoms with van der Waals surface area (Å²) in [7, 11) is 3.51. The average molecular weight is 495 g/mol. The van der Waals surface area contributed by atoms with E-state index < -0.39 is 5.60 Å². The first kappa shape index (κ1) is 25.4. The van der Waals surface area contributed by atoms with Crippen LogP contribution in [-0.4, -0.2) is 70.3 Å². The fraction of sp³-hybridized carbons (Fsp3) is 0.370. The van der Waals surface area contributed by atoms with Gasteiger partial charge in [-0.1, -0.05) is 30.3 Å². The van der Waals surface area contributed by atoms with Gasteiger partial charge in [-0.05, 0) is 36.8 Å². The summed E-state index contributed by atoms with van der Waals surface area (Å²) in [6.07, 6.45) is 1.72. The van der Waals surface area contributed by atoms with Crippen LogP contribution in [-0.2, 0) is 23.1 Å². The van der Waals surface area contributed by atoms with Crippen LogP contribution in [0.1, 0.15) is 28.0 Å². The van der Waals surface area contributed by atoms with Gasteiger partial charge in [-0.15, -0.1) is 0 Å². The molecule has 1 fully saturated rings. The van der Waals surface area contributed by atoms with E-state index in [2.05, 4.69) is 5.10 Å². The molecule has 0 N–H and O–H groups in total. The highest BCUT2D eigenvalue weighted by atomic mass is 19.1. The van der Waals surface area contributed by atoms with E-state index in [4.69, 9.17) is 9.47 Å². The predicted molar refractivity (Wildman–Crippen MR) is 132 cm³/mol. The van der Waals surface area contributed by atoms with Crippen molar-refractivity contribution in [2.45, 2.75) is 25.5 Å². The summed E-state index contributed by atoms with van der Waals surface area (Å²) in [4.78, 5) is 30.0. The number of nitrogens with zero attached hydrogens (tertiary/aromatic N) is 4. The topological polar surface area (TPSA) is 76.9 Å². The fourth-order valence-electron chi connectivity index (χ4n) is 4.35. The van der Waals surface area contributed by atoms with Crippen LogP contribution in [0.5, 0.6) is 5.75 Å². The smallest absolute Gasteiger partial charge is 0.257 e. The molecule has 3 aromatic rings. The molecule has 0 unspecified atom stereocenters. The molecule has 8 nitrogen and oxygen atoms in total. The number of aryl methyl sites for hydroxylation is 2. The number of rotatable bonds is 8. The van der Waals surface area contributed by atoms with Crippen molar-refractivity contribution in [2.75, 3.05) is 33.4 Å². The Morgan fingerprint density at radius 3 is 2.56 bits per heavy atom. The van der Waals surface area contributed by atoms with Crippen molar-refractivity contribution >= 4 is 11.8 Å². The van der Waals surface area contributed by atoms with Crippen molar-refractivity contribution in [1.29, 1.82) is 0 Å². The molecule has 0 spiro atoms. The molecule has 1 aliphatic rings. The van der Waals surface area contributed by atoms with Gasteiger partial charge in [-0.2, -0.15) is 5.10 Å². The van der Waals surface area contributed by atoms with Gasteiger partial charge in [-0.25, -0.2) is 4.39 Å². The van der Waals surface area contributed by atoms with Crippen LogP contribution in [0.4, 0.5) is 4.39 Å². The van der Waals surface area contributed by atoms with Crippen LogP contribution >= 0.6 is 0 Å². The quantitative estimate of drug-likeness (QED) is 0.481. The molecule has 1 aromatic heterocycles. The van der Waals surface area contributed by atoms with Crippen LogP contribution in [0.3, 0.4) is 0 Å². The van der Waals surface area contributed by atoms with Gasteiger partial charge in [-0.3, -0.25) is 14.3 Å². The van der Waals surface area contributed by atoms with Gasteiger partial charge in [0, 0.05) is 33.4 Å². The number of ether oxygens (including phenoxy) is 2. The summed E-state index contributed by atoms with van der Waals surface area (Å²) < 4.78 is 27.1. The van der Waals surface area contributed by atoms with Crippen molar-refractivity contribution in [3.8, 4) is 5.75 Å². The van der Waals surface area contributed by atoms with Crippen molar-refractivity contribution < 1.29 is 23.5 Å². The summed E-state index contributed by atoms with van der Waals surface area (Å²) in [5.41, 5.74) is 1.10. The highest BCUT2D eigenvalue weighted by molar-refractivity contribution is 5.95. The summed E-state index contributed by atoms with van der Waals surface area (Å²) in [5.74, 6) is -0.211. The van der Waals surface area contributed by atoms with E-state index in [-0.39, 0.29) is 43.8 Å². The van der Waals surface area contributed by atoms with E-state index in [1.807, 2.05) is 30.3 Å². The third-order valence-corrected chi connectivity index (χ3v) is 6.26. The zero-order valence-electron chi connectivity index (χ0n) is 20.8. The molecule has 1 aliphatic heterocycles. The number of carbonyl (C=O) groups is 2. The summed E-state index contributed by atoms with van der Waals surface area (Å²) in [5, 5.41) is 4.28. The molecule has 9 heteroatoms. The lowest BCUT2D eigenvalue weighted by Gasteiger charge is -2.42. The molecule has 4 rings (SSSR count). The molecular weight excluding hydrogens is 463 g/mol. The van der Waals surface area contributed by atoms with Gasteiger partial charge in [0.05, 0.1) is 30.8 Å². The van der Waals surface area contributed by atoms with E-state index in [9.17, 15) is 14.0 Å². The number of carbonyl (C=O) groups excluding carboxylic acids is 2. The number of amides is 2. The summed E-state index contributed by atoms with van der Waals surface area (Å²) in [6.45, 7) is 3.09. The number of morpholine rings is 1. The monoisotopic (exact) mass is 494 g/mol. The lowest BCUT2D eigenvalue weighted by atomic mass is 9.96. The Morgan fingerprint density at radius 1 is 1.17 bits per heavy atom. The summed E-state index contributed by atoms with van der Waals surface area (Å²) >= 11 is 0. The minimum absolute atomic E-state index is 0.0212. The molecule has 2 amide bonds. The number of hydrogen-bond acceptors (Lipinski definition) is 5. The molecule has 190 valence electrons. The minimum Gasteiger partial charge on any atom is -0.490 e. The van der Waals surface area contributed by atoms with Gasteiger partial charge in [0.25, 0.3) is 5.91 Å². The highest BCUT2D eigenvalue weighted by Gasteiger charge is 2.42. The van der Waals surface area contributed by atoms with E-state index in [1.54, 1.807) is 41.7 Å². The van der Waals surface area contributed by atoms with E-state index in [1.165, 1.54) is 24.3 Å². The largest absolute Gasteiger partial charge is 0.490 e. The molecule has 0 bridgehead atoms. The first-order valence-electron chi connectivity index (χ1n) is 11.8. The normalized spacial score (nSPS) is 17.6. The van der Waals surface area contributed by atoms with Crippen molar-refractivity contribution in [3.63, 3.8) is 0 Å². The number of hydrogen-bond donors (Lipinski definition) is 0. The highest BCUT2D eigenvalue weighted by Crippen LogP contribution is 2.27. The van der Waals surface area contributed by atoms with Crippen LogP contribution < -0.4 is 4.74 Å². The van der Waals surface area contributed by atoms with Crippen molar-refractivity contribution in [2.24, 2.45) is 7.05 Å². The zero-order valence-corrected chi connectivity index (χ0v) is 20.8. The maximum Gasteiger partial charge on any atom is 0.257 e. The minimum atomic E-state index is -1.07. The maximum absolute atomic E-state index is 13.4. The predicted octanol–water partition coefficient (Wildman–Crippen LogP) is 3.21. The van der Waals surface area contributed by atoms with Gasteiger partial charge < -0.3 is 19.3 Å². The molecule has 1 atom stereocenters.